The van der Waals surface area contributed by atoms with E-state index in [-0.39, 0.29) is 23.6 Å². The van der Waals surface area contributed by atoms with Crippen LogP contribution in [0.25, 0.3) is 0 Å². The molecular formula is C13H18N2O2. The second-order valence-corrected chi connectivity index (χ2v) is 4.10. The van der Waals surface area contributed by atoms with Crippen LogP contribution >= 0.6 is 0 Å². The molecule has 1 rings (SSSR count). The van der Waals surface area contributed by atoms with Crippen LogP contribution in [-0.2, 0) is 0 Å². The molecule has 0 radical (unpaired) electrons. The number of rotatable bonds is 5. The number of hydrogen-bond acceptors (Lipinski definition) is 4. The van der Waals surface area contributed by atoms with Crippen molar-refractivity contribution in [3.63, 3.8) is 0 Å². The van der Waals surface area contributed by atoms with E-state index in [9.17, 15) is 10.2 Å². The lowest BCUT2D eigenvalue weighted by atomic mass is 10.0. The van der Waals surface area contributed by atoms with Crippen molar-refractivity contribution in [1.29, 1.82) is 5.26 Å². The molecule has 0 amide bonds. The van der Waals surface area contributed by atoms with E-state index in [4.69, 9.17) is 5.26 Å². The Morgan fingerprint density at radius 1 is 1.41 bits per heavy atom. The summed E-state index contributed by atoms with van der Waals surface area (Å²) >= 11 is 0. The minimum absolute atomic E-state index is 0.0942. The normalized spacial score (nSPS) is 13.9. The molecule has 4 heteroatoms. The first-order chi connectivity index (χ1) is 8.08. The SMILES string of the molecule is CCC(CC#N)NC(C)c1cc(O)ccc1O. The number of nitrogens with zero attached hydrogens (tertiary/aromatic N) is 1. The van der Waals surface area contributed by atoms with Gasteiger partial charge in [0.2, 0.25) is 0 Å². The molecule has 0 spiro atoms. The molecule has 0 fully saturated rings. The molecule has 92 valence electrons. The van der Waals surface area contributed by atoms with Crippen molar-refractivity contribution in [3.8, 4) is 17.6 Å². The third-order valence-corrected chi connectivity index (χ3v) is 2.79. The van der Waals surface area contributed by atoms with Crippen LogP contribution in [0, 0.1) is 11.3 Å². The summed E-state index contributed by atoms with van der Waals surface area (Å²) in [6.07, 6.45) is 1.28. The van der Waals surface area contributed by atoms with Crippen molar-refractivity contribution in [3.05, 3.63) is 23.8 Å². The molecule has 0 aliphatic heterocycles. The first-order valence-corrected chi connectivity index (χ1v) is 5.73. The summed E-state index contributed by atoms with van der Waals surface area (Å²) in [6, 6.07) is 6.55. The molecule has 0 aliphatic rings. The van der Waals surface area contributed by atoms with Crippen LogP contribution in [0.1, 0.15) is 38.3 Å². The van der Waals surface area contributed by atoms with Crippen molar-refractivity contribution in [2.75, 3.05) is 0 Å². The average molecular weight is 234 g/mol. The third-order valence-electron chi connectivity index (χ3n) is 2.79. The third kappa shape index (κ3) is 3.65. The molecule has 0 saturated heterocycles. The van der Waals surface area contributed by atoms with Gasteiger partial charge in [-0.1, -0.05) is 6.92 Å². The Labute approximate surface area is 102 Å². The summed E-state index contributed by atoms with van der Waals surface area (Å²) < 4.78 is 0. The lowest BCUT2D eigenvalue weighted by molar-refractivity contribution is 0.414. The number of nitriles is 1. The largest absolute Gasteiger partial charge is 0.508 e. The highest BCUT2D eigenvalue weighted by Gasteiger charge is 2.15. The molecule has 2 atom stereocenters. The van der Waals surface area contributed by atoms with E-state index >= 15 is 0 Å². The highest BCUT2D eigenvalue weighted by molar-refractivity contribution is 5.40. The van der Waals surface area contributed by atoms with Crippen molar-refractivity contribution < 1.29 is 10.2 Å². The summed E-state index contributed by atoms with van der Waals surface area (Å²) in [5.41, 5.74) is 0.640. The molecule has 3 N–H and O–H groups in total. The molecule has 0 bridgehead atoms. The number of hydrogen-bond donors (Lipinski definition) is 3. The minimum Gasteiger partial charge on any atom is -0.508 e. The summed E-state index contributed by atoms with van der Waals surface area (Å²) in [5, 5.41) is 31.0. The number of nitrogens with one attached hydrogen (secondary N) is 1. The zero-order chi connectivity index (χ0) is 12.8. The van der Waals surface area contributed by atoms with E-state index in [0.29, 0.717) is 12.0 Å². The van der Waals surface area contributed by atoms with Gasteiger partial charge in [-0.2, -0.15) is 5.26 Å². The van der Waals surface area contributed by atoms with Crippen LogP contribution in [-0.4, -0.2) is 16.3 Å². The summed E-state index contributed by atoms with van der Waals surface area (Å²) in [6.45, 7) is 3.90. The van der Waals surface area contributed by atoms with Crippen LogP contribution in [0.4, 0.5) is 0 Å². The van der Waals surface area contributed by atoms with Gasteiger partial charge in [-0.3, -0.25) is 0 Å². The fraction of sp³-hybridized carbons (Fsp3) is 0.462. The van der Waals surface area contributed by atoms with E-state index in [2.05, 4.69) is 11.4 Å². The number of phenolic OH excluding ortho intramolecular Hbond substituents is 2. The maximum atomic E-state index is 9.70. The predicted octanol–water partition coefficient (Wildman–Crippen LogP) is 2.44. The van der Waals surface area contributed by atoms with E-state index < -0.39 is 0 Å². The van der Waals surface area contributed by atoms with Gasteiger partial charge in [0.05, 0.1) is 12.5 Å². The van der Waals surface area contributed by atoms with Crippen LogP contribution in [0.15, 0.2) is 18.2 Å². The molecule has 1 aromatic rings. The van der Waals surface area contributed by atoms with Crippen LogP contribution in [0.3, 0.4) is 0 Å². The fourth-order valence-corrected chi connectivity index (χ4v) is 1.76. The second kappa shape index (κ2) is 6.12. The monoisotopic (exact) mass is 234 g/mol. The smallest absolute Gasteiger partial charge is 0.120 e. The fourth-order valence-electron chi connectivity index (χ4n) is 1.76. The Balaban J connectivity index is 2.78. The average Bonchev–Trinajstić information content (AvgIpc) is 2.31. The van der Waals surface area contributed by atoms with Gasteiger partial charge >= 0.3 is 0 Å². The van der Waals surface area contributed by atoms with Crippen molar-refractivity contribution >= 4 is 0 Å². The van der Waals surface area contributed by atoms with E-state index in [1.165, 1.54) is 18.2 Å². The topological polar surface area (TPSA) is 76.3 Å². The van der Waals surface area contributed by atoms with Crippen molar-refractivity contribution in [2.24, 2.45) is 0 Å². The standard InChI is InChI=1S/C13H18N2O2/c1-3-10(6-7-14)15-9(2)12-8-11(16)4-5-13(12)17/h4-5,8-10,15-17H,3,6H2,1-2H3. The molecule has 0 heterocycles. The lowest BCUT2D eigenvalue weighted by Crippen LogP contribution is -2.30. The zero-order valence-corrected chi connectivity index (χ0v) is 10.1. The van der Waals surface area contributed by atoms with Gasteiger partial charge in [0.25, 0.3) is 0 Å². The van der Waals surface area contributed by atoms with E-state index in [1.807, 2.05) is 13.8 Å². The van der Waals surface area contributed by atoms with Crippen LogP contribution < -0.4 is 5.32 Å². The Bertz CT molecular complexity index is 412. The Kier molecular flexibility index (Phi) is 4.80. The van der Waals surface area contributed by atoms with Crippen LogP contribution in [0.2, 0.25) is 0 Å². The molecule has 0 aromatic heterocycles. The van der Waals surface area contributed by atoms with Gasteiger partial charge in [-0.05, 0) is 31.5 Å². The number of benzene rings is 1. The Hall–Kier alpha value is -1.73. The predicted molar refractivity (Wildman–Crippen MR) is 65.6 cm³/mol. The first-order valence-electron chi connectivity index (χ1n) is 5.73. The molecule has 0 aliphatic carbocycles. The van der Waals surface area contributed by atoms with Crippen molar-refractivity contribution in [2.45, 2.75) is 38.8 Å². The van der Waals surface area contributed by atoms with Gasteiger partial charge < -0.3 is 15.5 Å². The molecule has 2 unspecified atom stereocenters. The van der Waals surface area contributed by atoms with Gasteiger partial charge in [0.15, 0.2) is 0 Å². The molecule has 17 heavy (non-hydrogen) atoms. The molecular weight excluding hydrogens is 216 g/mol. The number of phenols is 2. The van der Waals surface area contributed by atoms with E-state index in [0.717, 1.165) is 6.42 Å². The quantitative estimate of drug-likeness (QED) is 0.684. The summed E-state index contributed by atoms with van der Waals surface area (Å²) in [5.74, 6) is 0.273. The van der Waals surface area contributed by atoms with Crippen LogP contribution in [0.5, 0.6) is 11.5 Å². The lowest BCUT2D eigenvalue weighted by Gasteiger charge is -2.21. The maximum Gasteiger partial charge on any atom is 0.120 e. The Morgan fingerprint density at radius 3 is 2.71 bits per heavy atom. The first kappa shape index (κ1) is 13.3. The summed E-state index contributed by atoms with van der Waals surface area (Å²) in [4.78, 5) is 0. The highest BCUT2D eigenvalue weighted by atomic mass is 16.3. The minimum atomic E-state index is -0.111. The number of aromatic hydroxyl groups is 2. The Morgan fingerprint density at radius 2 is 2.12 bits per heavy atom. The van der Waals surface area contributed by atoms with Crippen molar-refractivity contribution in [1.82, 2.24) is 5.32 Å². The van der Waals surface area contributed by atoms with Gasteiger partial charge in [0, 0.05) is 17.6 Å². The molecule has 1 aromatic carbocycles. The highest BCUT2D eigenvalue weighted by Crippen LogP contribution is 2.28. The molecule has 0 saturated carbocycles. The van der Waals surface area contributed by atoms with E-state index in [1.54, 1.807) is 0 Å². The van der Waals surface area contributed by atoms with Gasteiger partial charge in [-0.25, -0.2) is 0 Å². The van der Waals surface area contributed by atoms with Gasteiger partial charge in [0.1, 0.15) is 11.5 Å². The molecule has 4 nitrogen and oxygen atoms in total. The second-order valence-electron chi connectivity index (χ2n) is 4.10. The zero-order valence-electron chi connectivity index (χ0n) is 10.1. The van der Waals surface area contributed by atoms with Gasteiger partial charge in [-0.15, -0.1) is 0 Å². The summed E-state index contributed by atoms with van der Waals surface area (Å²) in [7, 11) is 0. The maximum absolute atomic E-state index is 9.70.